The minimum absolute atomic E-state index is 0.0189. The number of carbonyl (C=O) groups is 5. The highest BCUT2D eigenvalue weighted by atomic mass is 16.5. The van der Waals surface area contributed by atoms with Gasteiger partial charge in [0.25, 0.3) is 0 Å². The highest BCUT2D eigenvalue weighted by molar-refractivity contribution is 6.21. The number of carbonyl (C=O) groups excluding carboxylic acids is 5. The molecule has 0 aliphatic carbocycles. The molecule has 0 aromatic carbocycles. The van der Waals surface area contributed by atoms with Crippen LogP contribution < -0.4 is 10.7 Å². The van der Waals surface area contributed by atoms with E-state index in [9.17, 15) is 24.0 Å². The fraction of sp³-hybridized carbons (Fsp3) is 0.500. The van der Waals surface area contributed by atoms with Crippen molar-refractivity contribution in [1.29, 1.82) is 0 Å². The molecule has 13 heteroatoms. The Morgan fingerprint density at radius 1 is 0.647 bits per heavy atom. The maximum Gasteiger partial charge on any atom is 0.310 e. The zero-order valence-electron chi connectivity index (χ0n) is 31.0. The zero-order valence-corrected chi connectivity index (χ0v) is 31.0. The van der Waals surface area contributed by atoms with E-state index >= 15 is 0 Å². The molecule has 0 radical (unpaired) electrons. The number of aromatic amines is 2. The van der Waals surface area contributed by atoms with Gasteiger partial charge in [0.2, 0.25) is 5.91 Å². The van der Waals surface area contributed by atoms with Crippen molar-refractivity contribution in [2.45, 2.75) is 86.0 Å². The molecule has 0 fully saturated rings. The molecule has 0 bridgehead atoms. The molecule has 4 rings (SSSR count). The molecule has 274 valence electrons. The van der Waals surface area contributed by atoms with E-state index in [1.807, 2.05) is 32.9 Å². The SMILES string of the molecule is COC(=O)CCc1c(/C=c2\[nH]/c(=C\C3=NC(=O)CC3(C)C)c(CC(=O)OC)c2CCC(=O)OC)[nH]c(/C=C2\N=C(C)CC2(C)C)c1CC(=O)OC. The standard InChI is InChI=1S/C38H48N4O9/c1-21-19-37(2,3)30(39-21)17-28-24(14-35(46)50-8)22(10-12-33(44)48-6)26(40-28)16-27-23(11-13-34(45)49-7)25(15-36(47)51-9)29(41-27)18-31-38(4,5)20-32(43)42-31/h16-18,40-41H,10-15,19-20H2,1-9H3/b27-16-,29-18-,30-17-. The molecule has 51 heavy (non-hydrogen) atoms. The lowest BCUT2D eigenvalue weighted by atomic mass is 9.86. The number of ether oxygens (including phenoxy) is 4. The van der Waals surface area contributed by atoms with Crippen molar-refractivity contribution >= 4 is 59.4 Å². The summed E-state index contributed by atoms with van der Waals surface area (Å²) in [6, 6.07) is 0. The second-order valence-corrected chi connectivity index (χ2v) is 14.2. The molecule has 1 amide bonds. The first-order valence-corrected chi connectivity index (χ1v) is 16.8. The van der Waals surface area contributed by atoms with Crippen LogP contribution in [0.5, 0.6) is 0 Å². The van der Waals surface area contributed by atoms with E-state index in [4.69, 9.17) is 23.9 Å². The van der Waals surface area contributed by atoms with Gasteiger partial charge in [0, 0.05) is 63.6 Å². The van der Waals surface area contributed by atoms with E-state index in [-0.39, 0.29) is 56.3 Å². The summed E-state index contributed by atoms with van der Waals surface area (Å²) in [4.78, 5) is 78.7. The molecule has 2 aliphatic rings. The van der Waals surface area contributed by atoms with Crippen LogP contribution in [-0.4, -0.2) is 79.6 Å². The molecule has 4 heterocycles. The highest BCUT2D eigenvalue weighted by Gasteiger charge is 2.34. The van der Waals surface area contributed by atoms with Gasteiger partial charge >= 0.3 is 23.9 Å². The Kier molecular flexibility index (Phi) is 12.0. The molecule has 0 spiro atoms. The van der Waals surface area contributed by atoms with Gasteiger partial charge in [-0.25, -0.2) is 4.99 Å². The van der Waals surface area contributed by atoms with Crippen LogP contribution in [0.25, 0.3) is 18.2 Å². The second kappa shape index (κ2) is 15.9. The Bertz CT molecular complexity index is 1950. The Morgan fingerprint density at radius 3 is 1.69 bits per heavy atom. The molecular formula is C38H48N4O9. The molecular weight excluding hydrogens is 656 g/mol. The van der Waals surface area contributed by atoms with Crippen molar-refractivity contribution in [2.24, 2.45) is 20.8 Å². The lowest BCUT2D eigenvalue weighted by Gasteiger charge is -2.18. The Morgan fingerprint density at radius 2 is 1.18 bits per heavy atom. The predicted molar refractivity (Wildman–Crippen MR) is 191 cm³/mol. The molecule has 0 saturated carbocycles. The number of nitrogens with zero attached hydrogens (tertiary/aromatic N) is 2. The number of aliphatic imine (C=N–C) groups is 2. The Labute approximate surface area is 297 Å². The fourth-order valence-electron chi connectivity index (χ4n) is 6.59. The van der Waals surface area contributed by atoms with Crippen LogP contribution in [0.3, 0.4) is 0 Å². The highest BCUT2D eigenvalue weighted by Crippen LogP contribution is 2.39. The molecule has 13 nitrogen and oxygen atoms in total. The van der Waals surface area contributed by atoms with Crippen LogP contribution in [0.2, 0.25) is 0 Å². The molecule has 0 saturated heterocycles. The number of rotatable bonds is 13. The van der Waals surface area contributed by atoms with Crippen molar-refractivity contribution in [3.8, 4) is 0 Å². The van der Waals surface area contributed by atoms with Crippen molar-refractivity contribution in [3.63, 3.8) is 0 Å². The van der Waals surface area contributed by atoms with Crippen LogP contribution in [0, 0.1) is 10.8 Å². The molecule has 2 aromatic rings. The van der Waals surface area contributed by atoms with Crippen molar-refractivity contribution in [1.82, 2.24) is 9.97 Å². The Hall–Kier alpha value is -5.07. The summed E-state index contributed by atoms with van der Waals surface area (Å²) in [5.74, 6) is -2.06. The maximum absolute atomic E-state index is 12.8. The topological polar surface area (TPSA) is 179 Å². The van der Waals surface area contributed by atoms with Gasteiger partial charge in [0.15, 0.2) is 0 Å². The number of H-pyrrole nitrogens is 2. The third kappa shape index (κ3) is 9.19. The minimum Gasteiger partial charge on any atom is -0.469 e. The smallest absolute Gasteiger partial charge is 0.310 e. The predicted octanol–water partition coefficient (Wildman–Crippen LogP) is 3.22. The summed E-state index contributed by atoms with van der Waals surface area (Å²) in [5, 5.41) is 1.09. The maximum atomic E-state index is 12.8. The van der Waals surface area contributed by atoms with Crippen LogP contribution in [0.1, 0.15) is 93.9 Å². The van der Waals surface area contributed by atoms with Crippen LogP contribution >= 0.6 is 0 Å². The summed E-state index contributed by atoms with van der Waals surface area (Å²) < 4.78 is 20.0. The second-order valence-electron chi connectivity index (χ2n) is 14.2. The third-order valence-electron chi connectivity index (χ3n) is 9.36. The van der Waals surface area contributed by atoms with E-state index in [1.54, 1.807) is 6.08 Å². The van der Waals surface area contributed by atoms with E-state index in [2.05, 4.69) is 28.8 Å². The molecule has 0 atom stereocenters. The van der Waals surface area contributed by atoms with Crippen LogP contribution in [0.4, 0.5) is 0 Å². The first-order valence-electron chi connectivity index (χ1n) is 16.8. The largest absolute Gasteiger partial charge is 0.469 e. The number of hydrogen-bond acceptors (Lipinski definition) is 10. The van der Waals surface area contributed by atoms with E-state index in [1.165, 1.54) is 28.4 Å². The van der Waals surface area contributed by atoms with Crippen molar-refractivity contribution in [3.05, 3.63) is 50.0 Å². The van der Waals surface area contributed by atoms with E-state index in [0.29, 0.717) is 50.1 Å². The number of hydrogen-bond donors (Lipinski definition) is 2. The van der Waals surface area contributed by atoms with Gasteiger partial charge in [-0.15, -0.1) is 0 Å². The minimum atomic E-state index is -0.540. The molecule has 2 aromatic heterocycles. The lowest BCUT2D eigenvalue weighted by Crippen LogP contribution is -2.23. The van der Waals surface area contributed by atoms with Crippen LogP contribution in [-0.2, 0) is 68.6 Å². The lowest BCUT2D eigenvalue weighted by molar-refractivity contribution is -0.141. The number of allylic oxidation sites excluding steroid dienone is 1. The van der Waals surface area contributed by atoms with E-state index < -0.39 is 29.3 Å². The summed E-state index contributed by atoms with van der Waals surface area (Å²) in [7, 11) is 5.24. The third-order valence-corrected chi connectivity index (χ3v) is 9.36. The molecule has 2 aliphatic heterocycles. The number of esters is 4. The average molecular weight is 705 g/mol. The Balaban J connectivity index is 2.08. The van der Waals surface area contributed by atoms with Gasteiger partial charge in [-0.05, 0) is 66.7 Å². The number of methoxy groups -OCH3 is 4. The quantitative estimate of drug-likeness (QED) is 0.234. The first-order chi connectivity index (χ1) is 24.0. The van der Waals surface area contributed by atoms with Gasteiger partial charge in [0.1, 0.15) is 0 Å². The zero-order chi connectivity index (χ0) is 37.7. The average Bonchev–Trinajstić information content (AvgIpc) is 3.73. The van der Waals surface area contributed by atoms with E-state index in [0.717, 1.165) is 17.8 Å². The monoisotopic (exact) mass is 704 g/mol. The summed E-state index contributed by atoms with van der Waals surface area (Å²) >= 11 is 0. The fourth-order valence-corrected chi connectivity index (χ4v) is 6.59. The van der Waals surface area contributed by atoms with Gasteiger partial charge in [-0.3, -0.25) is 29.0 Å². The first kappa shape index (κ1) is 38.7. The molecule has 2 N–H and O–H groups in total. The van der Waals surface area contributed by atoms with Gasteiger partial charge in [-0.1, -0.05) is 27.7 Å². The van der Waals surface area contributed by atoms with Crippen LogP contribution in [0.15, 0.2) is 15.7 Å². The molecule has 0 unspecified atom stereocenters. The number of amides is 1. The van der Waals surface area contributed by atoms with Gasteiger partial charge in [0.05, 0.1) is 47.0 Å². The van der Waals surface area contributed by atoms with Crippen molar-refractivity contribution < 1.29 is 42.9 Å². The van der Waals surface area contributed by atoms with Gasteiger partial charge in [-0.2, -0.15) is 0 Å². The summed E-state index contributed by atoms with van der Waals surface area (Å²) in [5.41, 5.74) is 5.38. The number of nitrogens with one attached hydrogen (secondary N) is 2. The van der Waals surface area contributed by atoms with Gasteiger partial charge < -0.3 is 28.9 Å². The van der Waals surface area contributed by atoms with Crippen molar-refractivity contribution in [2.75, 3.05) is 28.4 Å². The normalized spacial score (nSPS) is 17.8. The number of aromatic nitrogens is 2. The summed E-state index contributed by atoms with van der Waals surface area (Å²) in [6.07, 6.45) is 6.85. The summed E-state index contributed by atoms with van der Waals surface area (Å²) in [6.45, 7) is 10.0.